The van der Waals surface area contributed by atoms with Crippen molar-refractivity contribution in [1.29, 1.82) is 0 Å². The van der Waals surface area contributed by atoms with E-state index in [0.29, 0.717) is 0 Å². The molecule has 0 bridgehead atoms. The maximum absolute atomic E-state index is 12.3. The quantitative estimate of drug-likeness (QED) is 0.539. The summed E-state index contributed by atoms with van der Waals surface area (Å²) in [6, 6.07) is 0. The SMILES string of the molecule is CC(=O)C=c1sc2nc3c(c(=O)n(C)c(=O)n3C)n2c1=O. The lowest BCUT2D eigenvalue weighted by Crippen LogP contribution is -2.38. The van der Waals surface area contributed by atoms with Gasteiger partial charge in [0.2, 0.25) is 0 Å². The summed E-state index contributed by atoms with van der Waals surface area (Å²) in [5.74, 6) is -0.263. The highest BCUT2D eigenvalue weighted by atomic mass is 32.1. The third kappa shape index (κ3) is 1.70. The van der Waals surface area contributed by atoms with Gasteiger partial charge in [-0.2, -0.15) is 4.98 Å². The Balaban J connectivity index is 2.67. The highest BCUT2D eigenvalue weighted by Gasteiger charge is 2.18. The van der Waals surface area contributed by atoms with Gasteiger partial charge >= 0.3 is 5.69 Å². The minimum atomic E-state index is -0.593. The van der Waals surface area contributed by atoms with Crippen molar-refractivity contribution in [2.24, 2.45) is 14.1 Å². The van der Waals surface area contributed by atoms with E-state index in [9.17, 15) is 19.2 Å². The van der Waals surface area contributed by atoms with Gasteiger partial charge in [0, 0.05) is 20.2 Å². The molecule has 0 unspecified atom stereocenters. The summed E-state index contributed by atoms with van der Waals surface area (Å²) < 4.78 is 3.49. The number of rotatable bonds is 1. The van der Waals surface area contributed by atoms with Gasteiger partial charge in [0.15, 0.2) is 21.9 Å². The lowest BCUT2D eigenvalue weighted by atomic mass is 10.4. The van der Waals surface area contributed by atoms with Gasteiger partial charge in [0.1, 0.15) is 0 Å². The van der Waals surface area contributed by atoms with Gasteiger partial charge in [-0.25, -0.2) is 9.20 Å². The third-order valence-electron chi connectivity index (χ3n) is 3.18. The van der Waals surface area contributed by atoms with E-state index < -0.39 is 16.8 Å². The lowest BCUT2D eigenvalue weighted by Gasteiger charge is -2.01. The molecule has 3 aromatic heterocycles. The highest BCUT2D eigenvalue weighted by Crippen LogP contribution is 2.10. The number of carbonyl (C=O) groups excluding carboxylic acids is 1. The summed E-state index contributed by atoms with van der Waals surface area (Å²) in [6.45, 7) is 1.34. The van der Waals surface area contributed by atoms with Crippen molar-refractivity contribution in [2.45, 2.75) is 6.92 Å². The fourth-order valence-corrected chi connectivity index (χ4v) is 3.16. The molecule has 3 aromatic rings. The molecule has 0 aliphatic rings. The standard InChI is InChI=1S/C12H10N4O4S/c1-5(17)4-6-9(18)16-7-8(13-11(16)21-6)14(2)12(20)15(3)10(7)19/h4H,1-3H3. The van der Waals surface area contributed by atoms with E-state index in [1.807, 2.05) is 0 Å². The van der Waals surface area contributed by atoms with Crippen LogP contribution in [0.2, 0.25) is 0 Å². The number of fused-ring (bicyclic) bond motifs is 3. The number of ketones is 1. The van der Waals surface area contributed by atoms with E-state index in [4.69, 9.17) is 0 Å². The molecular weight excluding hydrogens is 296 g/mol. The van der Waals surface area contributed by atoms with Crippen molar-refractivity contribution < 1.29 is 4.79 Å². The predicted octanol–water partition coefficient (Wildman–Crippen LogP) is -1.60. The molecule has 0 aromatic carbocycles. The molecule has 3 heterocycles. The number of thiazole rings is 1. The zero-order valence-electron chi connectivity index (χ0n) is 11.4. The van der Waals surface area contributed by atoms with Crippen LogP contribution in [0.1, 0.15) is 6.92 Å². The van der Waals surface area contributed by atoms with Crippen LogP contribution in [0, 0.1) is 0 Å². The van der Waals surface area contributed by atoms with E-state index in [1.165, 1.54) is 31.7 Å². The van der Waals surface area contributed by atoms with Crippen molar-refractivity contribution in [3.63, 3.8) is 0 Å². The van der Waals surface area contributed by atoms with E-state index >= 15 is 0 Å². The van der Waals surface area contributed by atoms with Crippen LogP contribution in [-0.4, -0.2) is 24.3 Å². The van der Waals surface area contributed by atoms with Crippen molar-refractivity contribution in [3.05, 3.63) is 35.7 Å². The maximum atomic E-state index is 12.3. The van der Waals surface area contributed by atoms with Crippen LogP contribution in [-0.2, 0) is 18.9 Å². The zero-order valence-corrected chi connectivity index (χ0v) is 12.2. The number of hydrogen-bond donors (Lipinski definition) is 0. The molecular formula is C12H10N4O4S. The number of hydrogen-bond acceptors (Lipinski definition) is 6. The minimum absolute atomic E-state index is 0.0408. The Hall–Kier alpha value is -2.55. The topological polar surface area (TPSA) is 95.4 Å². The monoisotopic (exact) mass is 306 g/mol. The Labute approximate surface area is 120 Å². The second kappa shape index (κ2) is 4.22. The van der Waals surface area contributed by atoms with Crippen LogP contribution in [0.3, 0.4) is 0 Å². The molecule has 0 amide bonds. The normalized spacial score (nSPS) is 12.6. The number of aromatic nitrogens is 4. The van der Waals surface area contributed by atoms with Crippen LogP contribution < -0.4 is 21.3 Å². The molecule has 0 spiro atoms. The van der Waals surface area contributed by atoms with E-state index in [1.54, 1.807) is 0 Å². The molecule has 0 N–H and O–H groups in total. The van der Waals surface area contributed by atoms with Crippen LogP contribution in [0.4, 0.5) is 0 Å². The number of Topliss-reactive ketones (excluding diaryl/α,β-unsaturated/α-hetero) is 1. The molecule has 0 aliphatic heterocycles. The minimum Gasteiger partial charge on any atom is -0.295 e. The molecule has 21 heavy (non-hydrogen) atoms. The molecule has 0 saturated heterocycles. The summed E-state index contributed by atoms with van der Waals surface area (Å²) in [7, 11) is 2.82. The van der Waals surface area contributed by atoms with E-state index in [-0.39, 0.29) is 26.4 Å². The molecule has 0 fully saturated rings. The predicted molar refractivity (Wildman–Crippen MR) is 77.7 cm³/mol. The van der Waals surface area contributed by atoms with Crippen molar-refractivity contribution >= 4 is 39.3 Å². The third-order valence-corrected chi connectivity index (χ3v) is 4.15. The highest BCUT2D eigenvalue weighted by molar-refractivity contribution is 7.15. The Morgan fingerprint density at radius 2 is 1.81 bits per heavy atom. The number of nitrogens with zero attached hydrogens (tertiary/aromatic N) is 4. The van der Waals surface area contributed by atoms with Gasteiger partial charge in [0.25, 0.3) is 11.1 Å². The van der Waals surface area contributed by atoms with Crippen LogP contribution in [0.15, 0.2) is 14.4 Å². The van der Waals surface area contributed by atoms with Crippen molar-refractivity contribution in [3.8, 4) is 0 Å². The van der Waals surface area contributed by atoms with Gasteiger partial charge in [-0.1, -0.05) is 11.3 Å². The van der Waals surface area contributed by atoms with Gasteiger partial charge < -0.3 is 0 Å². The molecule has 8 nitrogen and oxygen atoms in total. The van der Waals surface area contributed by atoms with Crippen LogP contribution in [0.5, 0.6) is 0 Å². The molecule has 9 heteroatoms. The van der Waals surface area contributed by atoms with Crippen LogP contribution >= 0.6 is 11.3 Å². The Kier molecular flexibility index (Phi) is 2.70. The molecule has 0 radical (unpaired) electrons. The Bertz CT molecular complexity index is 1140. The summed E-state index contributed by atoms with van der Waals surface area (Å²) in [4.78, 5) is 52.0. The first-order valence-corrected chi connectivity index (χ1v) is 6.78. The Morgan fingerprint density at radius 3 is 2.43 bits per heavy atom. The summed E-state index contributed by atoms with van der Waals surface area (Å²) in [6.07, 6.45) is 1.21. The van der Waals surface area contributed by atoms with Gasteiger partial charge in [-0.3, -0.25) is 23.5 Å². The lowest BCUT2D eigenvalue weighted by molar-refractivity contribution is -0.111. The van der Waals surface area contributed by atoms with E-state index in [0.717, 1.165) is 20.3 Å². The first-order valence-electron chi connectivity index (χ1n) is 5.96. The van der Waals surface area contributed by atoms with Gasteiger partial charge in [0.05, 0.1) is 4.53 Å². The van der Waals surface area contributed by atoms with Crippen molar-refractivity contribution in [2.75, 3.05) is 0 Å². The van der Waals surface area contributed by atoms with Crippen LogP contribution in [0.25, 0.3) is 22.2 Å². The smallest absolute Gasteiger partial charge is 0.295 e. The zero-order chi connectivity index (χ0) is 15.5. The fourth-order valence-electron chi connectivity index (χ4n) is 2.16. The van der Waals surface area contributed by atoms with E-state index in [2.05, 4.69) is 4.98 Å². The fraction of sp³-hybridized carbons (Fsp3) is 0.250. The first-order chi connectivity index (χ1) is 9.82. The average Bonchev–Trinajstić information content (AvgIpc) is 2.92. The molecule has 0 saturated carbocycles. The maximum Gasteiger partial charge on any atom is 0.332 e. The first kappa shape index (κ1) is 13.4. The largest absolute Gasteiger partial charge is 0.332 e. The number of carbonyl (C=O) groups is 1. The summed E-state index contributed by atoms with van der Waals surface area (Å²) in [5, 5.41) is 0. The second-order valence-corrected chi connectivity index (χ2v) is 5.64. The van der Waals surface area contributed by atoms with Gasteiger partial charge in [-0.05, 0) is 6.92 Å². The number of aryl methyl sites for hydroxylation is 1. The Morgan fingerprint density at radius 1 is 1.14 bits per heavy atom. The summed E-state index contributed by atoms with van der Waals surface area (Å²) >= 11 is 1.01. The second-order valence-electron chi connectivity index (χ2n) is 4.63. The number of imidazole rings is 1. The summed E-state index contributed by atoms with van der Waals surface area (Å²) in [5.41, 5.74) is -1.39. The molecule has 0 aliphatic carbocycles. The molecule has 3 rings (SSSR count). The average molecular weight is 306 g/mol. The van der Waals surface area contributed by atoms with Crippen molar-refractivity contribution in [1.82, 2.24) is 18.5 Å². The molecule has 0 atom stereocenters. The molecule has 108 valence electrons. The van der Waals surface area contributed by atoms with Gasteiger partial charge in [-0.15, -0.1) is 0 Å².